The van der Waals surface area contributed by atoms with Crippen LogP contribution in [-0.4, -0.2) is 46.9 Å². The smallest absolute Gasteiger partial charge is 0.422 e. The van der Waals surface area contributed by atoms with E-state index in [9.17, 15) is 27.9 Å². The molecule has 0 saturated carbocycles. The van der Waals surface area contributed by atoms with E-state index < -0.39 is 35.1 Å². The van der Waals surface area contributed by atoms with E-state index in [1.165, 1.54) is 38.2 Å². The molecule has 38 heavy (non-hydrogen) atoms. The number of aromatic carboxylic acids is 1. The minimum Gasteiger partial charge on any atom is -0.482 e. The molecule has 1 aliphatic rings. The largest absolute Gasteiger partial charge is 0.482 e. The topological polar surface area (TPSA) is 109 Å². The van der Waals surface area contributed by atoms with Gasteiger partial charge in [0.05, 0.1) is 11.3 Å². The predicted molar refractivity (Wildman–Crippen MR) is 131 cm³/mol. The Labute approximate surface area is 224 Å². The van der Waals surface area contributed by atoms with Gasteiger partial charge in [-0.25, -0.2) is 9.78 Å². The molecule has 1 aliphatic heterocycles. The molecule has 2 aromatic carbocycles. The SMILES string of the molecule is C[C@@H](c1ccc(Oc2ncc(C(=O)O)cc2Cl)cc1Cl)[C@](O)(c1ccc2c(c1)N(C)C(=O)CO2)C(F)(F)F. The number of rotatable bonds is 6. The number of nitrogens with zero attached hydrogens (tertiary/aromatic N) is 2. The van der Waals surface area contributed by atoms with Crippen molar-refractivity contribution < 1.29 is 42.4 Å². The maximum absolute atomic E-state index is 14.5. The fourth-order valence-electron chi connectivity index (χ4n) is 4.05. The van der Waals surface area contributed by atoms with Crippen LogP contribution in [0.1, 0.15) is 34.3 Å². The maximum atomic E-state index is 14.5. The zero-order valence-electron chi connectivity index (χ0n) is 19.7. The molecule has 0 bridgehead atoms. The van der Waals surface area contributed by atoms with E-state index in [2.05, 4.69) is 4.98 Å². The first-order valence-corrected chi connectivity index (χ1v) is 11.7. The molecular formula is C25H19Cl2F3N2O6. The number of carbonyl (C=O) groups is 2. The number of carboxylic acid groups (broad SMARTS) is 1. The van der Waals surface area contributed by atoms with Gasteiger partial charge < -0.3 is 24.6 Å². The summed E-state index contributed by atoms with van der Waals surface area (Å²) >= 11 is 12.4. The Balaban J connectivity index is 1.69. The highest BCUT2D eigenvalue weighted by Crippen LogP contribution is 2.51. The van der Waals surface area contributed by atoms with Crippen molar-refractivity contribution in [3.8, 4) is 17.4 Å². The van der Waals surface area contributed by atoms with E-state index >= 15 is 0 Å². The normalized spacial score (nSPS) is 15.8. The molecule has 8 nitrogen and oxygen atoms in total. The van der Waals surface area contributed by atoms with E-state index in [1.807, 2.05) is 0 Å². The number of halogens is 5. The molecule has 13 heteroatoms. The van der Waals surface area contributed by atoms with Gasteiger partial charge >= 0.3 is 12.1 Å². The lowest BCUT2D eigenvalue weighted by molar-refractivity contribution is -0.274. The number of amides is 1. The molecule has 0 radical (unpaired) electrons. The van der Waals surface area contributed by atoms with E-state index in [-0.39, 0.29) is 50.8 Å². The Hall–Kier alpha value is -3.54. The van der Waals surface area contributed by atoms with Gasteiger partial charge in [0.25, 0.3) is 5.91 Å². The summed E-state index contributed by atoms with van der Waals surface area (Å²) in [7, 11) is 1.40. The van der Waals surface area contributed by atoms with Crippen molar-refractivity contribution in [2.75, 3.05) is 18.6 Å². The van der Waals surface area contributed by atoms with Crippen molar-refractivity contribution >= 4 is 40.8 Å². The number of benzene rings is 2. The lowest BCUT2D eigenvalue weighted by Gasteiger charge is -2.38. The number of hydrogen-bond donors (Lipinski definition) is 2. The molecule has 200 valence electrons. The Bertz CT molecular complexity index is 1430. The van der Waals surface area contributed by atoms with Crippen LogP contribution < -0.4 is 14.4 Å². The summed E-state index contributed by atoms with van der Waals surface area (Å²) in [5, 5.41) is 20.0. The molecule has 2 heterocycles. The third kappa shape index (κ3) is 4.84. The third-order valence-electron chi connectivity index (χ3n) is 6.25. The highest BCUT2D eigenvalue weighted by molar-refractivity contribution is 6.32. The lowest BCUT2D eigenvalue weighted by Crippen LogP contribution is -2.47. The number of carboxylic acids is 1. The average Bonchev–Trinajstić information content (AvgIpc) is 2.85. The first-order valence-electron chi connectivity index (χ1n) is 10.9. The molecule has 0 spiro atoms. The number of carbonyl (C=O) groups excluding carboxylic acids is 1. The molecule has 3 aromatic rings. The Morgan fingerprint density at radius 2 is 1.87 bits per heavy atom. The van der Waals surface area contributed by atoms with Crippen molar-refractivity contribution in [2.24, 2.45) is 0 Å². The number of pyridine rings is 1. The molecule has 0 unspecified atom stereocenters. The van der Waals surface area contributed by atoms with Crippen LogP contribution in [0.5, 0.6) is 17.4 Å². The van der Waals surface area contributed by atoms with Crippen LogP contribution in [0, 0.1) is 0 Å². The molecule has 4 rings (SSSR count). The van der Waals surface area contributed by atoms with Gasteiger partial charge in [-0.1, -0.05) is 42.3 Å². The van der Waals surface area contributed by atoms with Gasteiger partial charge in [0, 0.05) is 24.2 Å². The maximum Gasteiger partial charge on any atom is 0.422 e. The number of alkyl halides is 3. The molecule has 1 amide bonds. The van der Waals surface area contributed by atoms with Crippen LogP contribution >= 0.6 is 23.2 Å². The summed E-state index contributed by atoms with van der Waals surface area (Å²) in [6, 6.07) is 8.34. The highest BCUT2D eigenvalue weighted by atomic mass is 35.5. The summed E-state index contributed by atoms with van der Waals surface area (Å²) in [5.74, 6) is -3.18. The van der Waals surface area contributed by atoms with Gasteiger partial charge in [0.15, 0.2) is 12.2 Å². The van der Waals surface area contributed by atoms with Crippen molar-refractivity contribution in [3.63, 3.8) is 0 Å². The number of fused-ring (bicyclic) bond motifs is 1. The Morgan fingerprint density at radius 3 is 2.47 bits per heavy atom. The van der Waals surface area contributed by atoms with Gasteiger partial charge in [-0.2, -0.15) is 13.2 Å². The number of anilines is 1. The van der Waals surface area contributed by atoms with Crippen molar-refractivity contribution in [3.05, 3.63) is 75.4 Å². The average molecular weight is 571 g/mol. The van der Waals surface area contributed by atoms with Gasteiger partial charge in [-0.15, -0.1) is 0 Å². The number of aliphatic hydroxyl groups is 1. The molecule has 0 saturated heterocycles. The van der Waals surface area contributed by atoms with Crippen LogP contribution in [0.4, 0.5) is 18.9 Å². The molecular weight excluding hydrogens is 552 g/mol. The number of likely N-dealkylation sites (N-methyl/N-ethyl adjacent to an activating group) is 1. The summed E-state index contributed by atoms with van der Waals surface area (Å²) < 4.78 is 54.2. The monoisotopic (exact) mass is 570 g/mol. The zero-order chi connectivity index (χ0) is 28.0. The summed E-state index contributed by atoms with van der Waals surface area (Å²) in [4.78, 5) is 28.0. The van der Waals surface area contributed by atoms with Gasteiger partial charge in [-0.05, 0) is 41.5 Å². The highest BCUT2D eigenvalue weighted by Gasteiger charge is 2.59. The van der Waals surface area contributed by atoms with E-state index in [1.54, 1.807) is 0 Å². The van der Waals surface area contributed by atoms with Gasteiger partial charge in [0.1, 0.15) is 16.5 Å². The van der Waals surface area contributed by atoms with Crippen LogP contribution in [-0.2, 0) is 10.4 Å². The standard InChI is InChI=1S/C25H19Cl2F3N2O6/c1-12(16-5-4-15(9-17(16)26)38-22-18(27)7-13(10-31-22)23(34)35)24(36,25(28,29)30)14-3-6-20-19(8-14)32(2)21(33)11-37-20/h3-10,12,36H,11H2,1-2H3,(H,34,35)/t12-,24-/m0/s1. The minimum atomic E-state index is -5.14. The third-order valence-corrected chi connectivity index (χ3v) is 6.85. The molecule has 2 N–H and O–H groups in total. The summed E-state index contributed by atoms with van der Waals surface area (Å²) in [6.45, 7) is 0.917. The second-order valence-corrected chi connectivity index (χ2v) is 9.33. The van der Waals surface area contributed by atoms with Crippen LogP contribution in [0.3, 0.4) is 0 Å². The first-order chi connectivity index (χ1) is 17.7. The summed E-state index contributed by atoms with van der Waals surface area (Å²) in [6.07, 6.45) is -4.11. The van der Waals surface area contributed by atoms with Crippen molar-refractivity contribution in [2.45, 2.75) is 24.6 Å². The van der Waals surface area contributed by atoms with Crippen LogP contribution in [0.2, 0.25) is 10.0 Å². The molecule has 1 aromatic heterocycles. The summed E-state index contributed by atoms with van der Waals surface area (Å²) in [5.41, 5.74) is -4.03. The number of hydrogen-bond acceptors (Lipinski definition) is 6. The zero-order valence-corrected chi connectivity index (χ0v) is 21.2. The second kappa shape index (κ2) is 9.97. The first kappa shape index (κ1) is 27.5. The van der Waals surface area contributed by atoms with Crippen molar-refractivity contribution in [1.29, 1.82) is 0 Å². The van der Waals surface area contributed by atoms with E-state index in [4.69, 9.17) is 37.8 Å². The fraction of sp³-hybridized carbons (Fsp3) is 0.240. The molecule has 0 fully saturated rings. The van der Waals surface area contributed by atoms with E-state index in [0.717, 1.165) is 29.3 Å². The van der Waals surface area contributed by atoms with Crippen LogP contribution in [0.15, 0.2) is 48.7 Å². The van der Waals surface area contributed by atoms with Gasteiger partial charge in [-0.3, -0.25) is 4.79 Å². The number of aromatic nitrogens is 1. The van der Waals surface area contributed by atoms with Gasteiger partial charge in [0.2, 0.25) is 5.88 Å². The predicted octanol–water partition coefficient (Wildman–Crippen LogP) is 5.79. The Morgan fingerprint density at radius 1 is 1.16 bits per heavy atom. The second-order valence-electron chi connectivity index (χ2n) is 8.51. The van der Waals surface area contributed by atoms with Crippen molar-refractivity contribution in [1.82, 2.24) is 4.98 Å². The minimum absolute atomic E-state index is 0.0440. The number of ether oxygens (including phenoxy) is 2. The quantitative estimate of drug-likeness (QED) is 0.386. The van der Waals surface area contributed by atoms with Crippen LogP contribution in [0.25, 0.3) is 0 Å². The molecule has 2 atom stereocenters. The Kier molecular flexibility index (Phi) is 7.21. The fourth-order valence-corrected chi connectivity index (χ4v) is 4.58. The lowest BCUT2D eigenvalue weighted by atomic mass is 9.77. The molecule has 0 aliphatic carbocycles. The van der Waals surface area contributed by atoms with E-state index in [0.29, 0.717) is 0 Å².